The quantitative estimate of drug-likeness (QED) is 0.735. The lowest BCUT2D eigenvalue weighted by molar-refractivity contribution is -0.125. The summed E-state index contributed by atoms with van der Waals surface area (Å²) in [4.78, 5) is 16.7. The van der Waals surface area contributed by atoms with Crippen molar-refractivity contribution < 1.29 is 9.21 Å². The molecular weight excluding hydrogens is 354 g/mol. The summed E-state index contributed by atoms with van der Waals surface area (Å²) in [6.45, 7) is 2.02. The van der Waals surface area contributed by atoms with Crippen LogP contribution < -0.4 is 15.1 Å². The second-order valence-corrected chi connectivity index (χ2v) is 7.35. The Morgan fingerprint density at radius 3 is 2.57 bits per heavy atom. The van der Waals surface area contributed by atoms with Crippen LogP contribution in [0.5, 0.6) is 0 Å². The number of carbonyl (C=O) groups is 1. The molecule has 1 fully saturated rings. The number of hydrogen-bond acceptors (Lipinski definition) is 6. The van der Waals surface area contributed by atoms with Crippen LogP contribution in [0.25, 0.3) is 10.8 Å². The number of fused-ring (bicyclic) bond motifs is 1. The average Bonchev–Trinajstić information content (AvgIpc) is 3.25. The number of carbonyl (C=O) groups excluding carboxylic acids is 1. The zero-order valence-electron chi connectivity index (χ0n) is 16.3. The van der Waals surface area contributed by atoms with Crippen molar-refractivity contribution in [3.63, 3.8) is 0 Å². The van der Waals surface area contributed by atoms with Gasteiger partial charge in [-0.15, -0.1) is 10.2 Å². The summed E-state index contributed by atoms with van der Waals surface area (Å²) < 4.78 is 5.27. The van der Waals surface area contributed by atoms with Crippen LogP contribution in [0.2, 0.25) is 0 Å². The maximum atomic E-state index is 12.5. The molecule has 28 heavy (non-hydrogen) atoms. The van der Waals surface area contributed by atoms with Crippen LogP contribution in [0.1, 0.15) is 18.6 Å². The number of piperidine rings is 1. The van der Waals surface area contributed by atoms with Crippen LogP contribution in [0.3, 0.4) is 0 Å². The first-order chi connectivity index (χ1) is 13.6. The SMILES string of the molecule is CN(C)c1nnc(N2CCC(C(=O)NCc3ccco3)CC2)c2ccccc12. The lowest BCUT2D eigenvalue weighted by Gasteiger charge is -2.32. The molecule has 0 unspecified atom stereocenters. The normalized spacial score (nSPS) is 15.0. The summed E-state index contributed by atoms with van der Waals surface area (Å²) in [5.41, 5.74) is 0. The van der Waals surface area contributed by atoms with Gasteiger partial charge in [-0.3, -0.25) is 4.79 Å². The van der Waals surface area contributed by atoms with Crippen molar-refractivity contribution in [2.75, 3.05) is 37.0 Å². The molecule has 3 aromatic rings. The second kappa shape index (κ2) is 7.88. The van der Waals surface area contributed by atoms with Crippen molar-refractivity contribution in [2.24, 2.45) is 5.92 Å². The smallest absolute Gasteiger partial charge is 0.223 e. The largest absolute Gasteiger partial charge is 0.467 e. The van der Waals surface area contributed by atoms with Gasteiger partial charge < -0.3 is 19.5 Å². The predicted molar refractivity (Wildman–Crippen MR) is 109 cm³/mol. The lowest BCUT2D eigenvalue weighted by atomic mass is 9.95. The van der Waals surface area contributed by atoms with Gasteiger partial charge in [-0.05, 0) is 25.0 Å². The fraction of sp³-hybridized carbons (Fsp3) is 0.381. The molecule has 0 spiro atoms. The number of rotatable bonds is 5. The van der Waals surface area contributed by atoms with Gasteiger partial charge in [-0.25, -0.2) is 0 Å². The van der Waals surface area contributed by atoms with Crippen molar-refractivity contribution in [3.8, 4) is 0 Å². The Labute approximate surface area is 164 Å². The van der Waals surface area contributed by atoms with Crippen LogP contribution in [0, 0.1) is 5.92 Å². The summed E-state index contributed by atoms with van der Waals surface area (Å²) in [6, 6.07) is 11.9. The van der Waals surface area contributed by atoms with Gasteiger partial charge >= 0.3 is 0 Å². The molecule has 2 aromatic heterocycles. The molecule has 1 aliphatic rings. The number of furan rings is 1. The Balaban J connectivity index is 1.44. The molecule has 7 nitrogen and oxygen atoms in total. The number of benzene rings is 1. The molecule has 0 bridgehead atoms. The molecule has 146 valence electrons. The van der Waals surface area contributed by atoms with Crippen molar-refractivity contribution >= 4 is 28.3 Å². The standard InChI is InChI=1S/C21H25N5O2/c1-25(2)19-17-7-3-4-8-18(17)20(24-23-19)26-11-9-15(10-12-26)21(27)22-14-16-6-5-13-28-16/h3-8,13,15H,9-12,14H2,1-2H3,(H,22,27). The summed E-state index contributed by atoms with van der Waals surface area (Å²) in [6.07, 6.45) is 3.22. The van der Waals surface area contributed by atoms with E-state index in [2.05, 4.69) is 32.5 Å². The molecule has 1 aliphatic heterocycles. The van der Waals surface area contributed by atoms with Gasteiger partial charge in [-0.1, -0.05) is 24.3 Å². The zero-order valence-corrected chi connectivity index (χ0v) is 16.3. The number of nitrogens with zero attached hydrogens (tertiary/aromatic N) is 4. The van der Waals surface area contributed by atoms with Gasteiger partial charge in [0.1, 0.15) is 5.76 Å². The minimum Gasteiger partial charge on any atom is -0.467 e. The number of aromatic nitrogens is 2. The Bertz CT molecular complexity index is 947. The molecular formula is C21H25N5O2. The third-order valence-corrected chi connectivity index (χ3v) is 5.25. The third-order valence-electron chi connectivity index (χ3n) is 5.25. The minimum atomic E-state index is 0.0199. The first-order valence-corrected chi connectivity index (χ1v) is 9.61. The first-order valence-electron chi connectivity index (χ1n) is 9.61. The molecule has 1 aromatic carbocycles. The molecule has 0 saturated carbocycles. The highest BCUT2D eigenvalue weighted by Gasteiger charge is 2.27. The Morgan fingerprint density at radius 1 is 1.14 bits per heavy atom. The van der Waals surface area contributed by atoms with E-state index in [0.29, 0.717) is 6.54 Å². The Hall–Kier alpha value is -3.09. The molecule has 1 N–H and O–H groups in total. The predicted octanol–water partition coefficient (Wildman–Crippen LogP) is 2.82. The molecule has 1 saturated heterocycles. The molecule has 0 aliphatic carbocycles. The van der Waals surface area contributed by atoms with E-state index in [9.17, 15) is 4.79 Å². The molecule has 0 radical (unpaired) electrons. The van der Waals surface area contributed by atoms with Gasteiger partial charge in [0.15, 0.2) is 11.6 Å². The highest BCUT2D eigenvalue weighted by molar-refractivity contribution is 5.98. The maximum Gasteiger partial charge on any atom is 0.223 e. The van der Waals surface area contributed by atoms with Crippen LogP contribution in [-0.2, 0) is 11.3 Å². The number of hydrogen-bond donors (Lipinski definition) is 1. The van der Waals surface area contributed by atoms with Crippen LogP contribution in [0.15, 0.2) is 47.1 Å². The van der Waals surface area contributed by atoms with Gasteiger partial charge in [0.25, 0.3) is 0 Å². The van der Waals surface area contributed by atoms with Crippen molar-refractivity contribution in [2.45, 2.75) is 19.4 Å². The van der Waals surface area contributed by atoms with Crippen molar-refractivity contribution in [3.05, 3.63) is 48.4 Å². The van der Waals surface area contributed by atoms with Gasteiger partial charge in [-0.2, -0.15) is 0 Å². The topological polar surface area (TPSA) is 74.5 Å². The monoisotopic (exact) mass is 379 g/mol. The lowest BCUT2D eigenvalue weighted by Crippen LogP contribution is -2.40. The maximum absolute atomic E-state index is 12.5. The van der Waals surface area contributed by atoms with Crippen LogP contribution in [-0.4, -0.2) is 43.3 Å². The number of nitrogens with one attached hydrogen (secondary N) is 1. The van der Waals surface area contributed by atoms with Gasteiger partial charge in [0, 0.05) is 43.9 Å². The van der Waals surface area contributed by atoms with E-state index in [1.165, 1.54) is 0 Å². The highest BCUT2D eigenvalue weighted by Crippen LogP contribution is 2.31. The number of anilines is 2. The fourth-order valence-electron chi connectivity index (χ4n) is 3.72. The summed E-state index contributed by atoms with van der Waals surface area (Å²) in [7, 11) is 3.95. The second-order valence-electron chi connectivity index (χ2n) is 7.35. The first kappa shape index (κ1) is 18.3. The molecule has 3 heterocycles. The van der Waals surface area contributed by atoms with Crippen molar-refractivity contribution in [1.82, 2.24) is 15.5 Å². The summed E-state index contributed by atoms with van der Waals surface area (Å²) >= 11 is 0. The highest BCUT2D eigenvalue weighted by atomic mass is 16.3. The summed E-state index contributed by atoms with van der Waals surface area (Å²) in [5, 5.41) is 14.1. The summed E-state index contributed by atoms with van der Waals surface area (Å²) in [5.74, 6) is 2.65. The fourth-order valence-corrected chi connectivity index (χ4v) is 3.72. The molecule has 1 amide bonds. The third kappa shape index (κ3) is 3.65. The van der Waals surface area contributed by atoms with Crippen LogP contribution >= 0.6 is 0 Å². The zero-order chi connectivity index (χ0) is 19.5. The van der Waals surface area contributed by atoms with E-state index in [-0.39, 0.29) is 11.8 Å². The average molecular weight is 379 g/mol. The Kier molecular flexibility index (Phi) is 5.14. The van der Waals surface area contributed by atoms with E-state index in [1.54, 1.807) is 6.26 Å². The molecule has 0 atom stereocenters. The van der Waals surface area contributed by atoms with E-state index in [0.717, 1.165) is 54.1 Å². The molecule has 4 rings (SSSR count). The van der Waals surface area contributed by atoms with Crippen molar-refractivity contribution in [1.29, 1.82) is 0 Å². The number of amides is 1. The van der Waals surface area contributed by atoms with E-state index in [1.807, 2.05) is 43.3 Å². The van der Waals surface area contributed by atoms with E-state index in [4.69, 9.17) is 4.42 Å². The molecule has 7 heteroatoms. The van der Waals surface area contributed by atoms with Gasteiger partial charge in [0.05, 0.1) is 12.8 Å². The minimum absolute atomic E-state index is 0.0199. The van der Waals surface area contributed by atoms with Crippen LogP contribution in [0.4, 0.5) is 11.6 Å². The van der Waals surface area contributed by atoms with E-state index >= 15 is 0 Å². The van der Waals surface area contributed by atoms with Gasteiger partial charge in [0.2, 0.25) is 5.91 Å². The van der Waals surface area contributed by atoms with E-state index < -0.39 is 0 Å². The Morgan fingerprint density at radius 2 is 1.89 bits per heavy atom.